The van der Waals surface area contributed by atoms with Gasteiger partial charge in [0.2, 0.25) is 0 Å². The lowest BCUT2D eigenvalue weighted by Crippen LogP contribution is -2.18. The summed E-state index contributed by atoms with van der Waals surface area (Å²) in [5.74, 6) is 0. The van der Waals surface area contributed by atoms with Gasteiger partial charge in [-0.2, -0.15) is 5.26 Å². The summed E-state index contributed by atoms with van der Waals surface area (Å²) < 4.78 is 0. The number of rotatable bonds is 6. The van der Waals surface area contributed by atoms with Crippen LogP contribution in [0, 0.1) is 11.3 Å². The van der Waals surface area contributed by atoms with Crippen LogP contribution in [0.3, 0.4) is 0 Å². The minimum Gasteiger partial charge on any atom is -0.306 e. The molecule has 2 aromatic rings. The van der Waals surface area contributed by atoms with Crippen LogP contribution in [0.4, 0.5) is 0 Å². The molecular formula is C19H22N2. The molecule has 2 rings (SSSR count). The largest absolute Gasteiger partial charge is 0.306 e. The van der Waals surface area contributed by atoms with Crippen molar-refractivity contribution in [2.45, 2.75) is 39.3 Å². The molecule has 0 aromatic heterocycles. The molecule has 2 aromatic carbocycles. The first-order valence-corrected chi connectivity index (χ1v) is 7.54. The van der Waals surface area contributed by atoms with Gasteiger partial charge < -0.3 is 5.32 Å². The second-order valence-corrected chi connectivity index (χ2v) is 5.40. The van der Waals surface area contributed by atoms with E-state index in [4.69, 9.17) is 5.26 Å². The van der Waals surface area contributed by atoms with Gasteiger partial charge in [0.05, 0.1) is 11.6 Å². The molecule has 0 heterocycles. The zero-order valence-electron chi connectivity index (χ0n) is 12.8. The Morgan fingerprint density at radius 2 is 1.62 bits per heavy atom. The van der Waals surface area contributed by atoms with Gasteiger partial charge in [0, 0.05) is 12.6 Å². The average Bonchev–Trinajstić information content (AvgIpc) is 2.54. The van der Waals surface area contributed by atoms with Crippen LogP contribution in [0.25, 0.3) is 0 Å². The number of nitrogens with zero attached hydrogens (tertiary/aromatic N) is 1. The minimum absolute atomic E-state index is 0.316. The Morgan fingerprint density at radius 3 is 2.19 bits per heavy atom. The lowest BCUT2D eigenvalue weighted by molar-refractivity contribution is 0.574. The Labute approximate surface area is 127 Å². The van der Waals surface area contributed by atoms with Gasteiger partial charge in [-0.1, -0.05) is 49.7 Å². The lowest BCUT2D eigenvalue weighted by Gasteiger charge is -2.15. The van der Waals surface area contributed by atoms with Gasteiger partial charge in [0.1, 0.15) is 0 Å². The van der Waals surface area contributed by atoms with Crippen molar-refractivity contribution in [2.24, 2.45) is 0 Å². The molecule has 21 heavy (non-hydrogen) atoms. The normalized spacial score (nSPS) is 11.9. The van der Waals surface area contributed by atoms with Crippen LogP contribution >= 0.6 is 0 Å². The number of aryl methyl sites for hydroxylation is 1. The number of nitrogens with one attached hydrogen (secondary N) is 1. The van der Waals surface area contributed by atoms with Crippen molar-refractivity contribution in [3.63, 3.8) is 0 Å². The summed E-state index contributed by atoms with van der Waals surface area (Å²) in [7, 11) is 0. The van der Waals surface area contributed by atoms with E-state index in [1.54, 1.807) is 0 Å². The van der Waals surface area contributed by atoms with Crippen LogP contribution in [-0.4, -0.2) is 0 Å². The van der Waals surface area contributed by atoms with Crippen LogP contribution in [0.15, 0.2) is 48.5 Å². The third kappa shape index (κ3) is 4.44. The SMILES string of the molecule is CCCc1ccc(C(C)NCc2ccc(C#N)cc2)cc1. The highest BCUT2D eigenvalue weighted by atomic mass is 14.9. The zero-order valence-corrected chi connectivity index (χ0v) is 12.8. The predicted molar refractivity (Wildman–Crippen MR) is 86.8 cm³/mol. The van der Waals surface area contributed by atoms with Crippen molar-refractivity contribution in [2.75, 3.05) is 0 Å². The first-order chi connectivity index (χ1) is 10.2. The van der Waals surface area contributed by atoms with E-state index in [0.717, 1.165) is 13.0 Å². The Kier molecular flexibility index (Phi) is 5.54. The highest BCUT2D eigenvalue weighted by Gasteiger charge is 2.05. The fourth-order valence-electron chi connectivity index (χ4n) is 2.35. The maximum atomic E-state index is 8.79. The smallest absolute Gasteiger partial charge is 0.0991 e. The van der Waals surface area contributed by atoms with E-state index < -0.39 is 0 Å². The Hall–Kier alpha value is -2.11. The van der Waals surface area contributed by atoms with E-state index in [2.05, 4.69) is 49.5 Å². The molecule has 1 atom stereocenters. The van der Waals surface area contributed by atoms with Crippen LogP contribution in [-0.2, 0) is 13.0 Å². The van der Waals surface area contributed by atoms with Crippen LogP contribution in [0.5, 0.6) is 0 Å². The Balaban J connectivity index is 1.91. The predicted octanol–water partition coefficient (Wildman–Crippen LogP) is 4.36. The van der Waals surface area contributed by atoms with Gasteiger partial charge in [0.25, 0.3) is 0 Å². The van der Waals surface area contributed by atoms with Gasteiger partial charge in [0.15, 0.2) is 0 Å². The quantitative estimate of drug-likeness (QED) is 0.852. The molecule has 2 heteroatoms. The summed E-state index contributed by atoms with van der Waals surface area (Å²) in [5, 5.41) is 12.3. The molecule has 0 saturated carbocycles. The first-order valence-electron chi connectivity index (χ1n) is 7.54. The zero-order chi connectivity index (χ0) is 15.1. The van der Waals surface area contributed by atoms with Gasteiger partial charge in [-0.15, -0.1) is 0 Å². The summed E-state index contributed by atoms with van der Waals surface area (Å²) in [4.78, 5) is 0. The second kappa shape index (κ2) is 7.61. The molecule has 1 N–H and O–H groups in total. The summed E-state index contributed by atoms with van der Waals surface area (Å²) in [5.41, 5.74) is 4.62. The number of benzene rings is 2. The molecule has 0 aliphatic heterocycles. The van der Waals surface area contributed by atoms with E-state index in [1.807, 2.05) is 24.3 Å². The summed E-state index contributed by atoms with van der Waals surface area (Å²) >= 11 is 0. The third-order valence-corrected chi connectivity index (χ3v) is 3.71. The molecule has 0 amide bonds. The average molecular weight is 278 g/mol. The molecule has 2 nitrogen and oxygen atoms in total. The second-order valence-electron chi connectivity index (χ2n) is 5.40. The van der Waals surface area contributed by atoms with Crippen molar-refractivity contribution in [1.82, 2.24) is 5.32 Å². The van der Waals surface area contributed by atoms with E-state index >= 15 is 0 Å². The highest BCUT2D eigenvalue weighted by molar-refractivity contribution is 5.31. The fourth-order valence-corrected chi connectivity index (χ4v) is 2.35. The van der Waals surface area contributed by atoms with Gasteiger partial charge >= 0.3 is 0 Å². The van der Waals surface area contributed by atoms with Gasteiger partial charge in [-0.25, -0.2) is 0 Å². The van der Waals surface area contributed by atoms with Crippen molar-refractivity contribution in [3.8, 4) is 6.07 Å². The van der Waals surface area contributed by atoms with E-state index in [-0.39, 0.29) is 0 Å². The van der Waals surface area contributed by atoms with Crippen LogP contribution < -0.4 is 5.32 Å². The molecule has 0 aliphatic rings. The van der Waals surface area contributed by atoms with Crippen LogP contribution in [0.2, 0.25) is 0 Å². The maximum Gasteiger partial charge on any atom is 0.0991 e. The van der Waals surface area contributed by atoms with Crippen molar-refractivity contribution < 1.29 is 0 Å². The number of hydrogen-bond acceptors (Lipinski definition) is 2. The molecule has 1 unspecified atom stereocenters. The maximum absolute atomic E-state index is 8.79. The van der Waals surface area contributed by atoms with E-state index in [9.17, 15) is 0 Å². The van der Waals surface area contributed by atoms with Crippen molar-refractivity contribution >= 4 is 0 Å². The summed E-state index contributed by atoms with van der Waals surface area (Å²) in [6, 6.07) is 19.0. The third-order valence-electron chi connectivity index (χ3n) is 3.71. The first kappa shape index (κ1) is 15.3. The van der Waals surface area contributed by atoms with Crippen molar-refractivity contribution in [1.29, 1.82) is 5.26 Å². The van der Waals surface area contributed by atoms with E-state index in [1.165, 1.54) is 23.1 Å². The Morgan fingerprint density at radius 1 is 1.00 bits per heavy atom. The standard InChI is InChI=1S/C19H22N2/c1-3-4-16-9-11-19(12-10-16)15(2)21-14-18-7-5-17(13-20)6-8-18/h5-12,15,21H,3-4,14H2,1-2H3. The number of hydrogen-bond donors (Lipinski definition) is 1. The molecule has 0 spiro atoms. The fraction of sp³-hybridized carbons (Fsp3) is 0.316. The monoisotopic (exact) mass is 278 g/mol. The molecule has 0 saturated heterocycles. The molecule has 0 fully saturated rings. The van der Waals surface area contributed by atoms with E-state index in [0.29, 0.717) is 11.6 Å². The Bertz CT molecular complexity index is 591. The molecular weight excluding hydrogens is 256 g/mol. The van der Waals surface area contributed by atoms with Gasteiger partial charge in [-0.05, 0) is 42.2 Å². The highest BCUT2D eigenvalue weighted by Crippen LogP contribution is 2.15. The van der Waals surface area contributed by atoms with Crippen LogP contribution in [0.1, 0.15) is 48.6 Å². The molecule has 108 valence electrons. The summed E-state index contributed by atoms with van der Waals surface area (Å²) in [6.45, 7) is 5.19. The molecule has 0 bridgehead atoms. The minimum atomic E-state index is 0.316. The molecule has 0 aliphatic carbocycles. The lowest BCUT2D eigenvalue weighted by atomic mass is 10.0. The molecule has 0 radical (unpaired) electrons. The topological polar surface area (TPSA) is 35.8 Å². The summed E-state index contributed by atoms with van der Waals surface area (Å²) in [6.07, 6.45) is 2.33. The van der Waals surface area contributed by atoms with Crippen molar-refractivity contribution in [3.05, 3.63) is 70.8 Å². The number of nitriles is 1. The van der Waals surface area contributed by atoms with Gasteiger partial charge in [-0.3, -0.25) is 0 Å².